The van der Waals surface area contributed by atoms with E-state index in [4.69, 9.17) is 34.4 Å². The highest BCUT2D eigenvalue weighted by molar-refractivity contribution is 7.80. The molecule has 0 aromatic carbocycles. The van der Waals surface area contributed by atoms with Gasteiger partial charge in [0.2, 0.25) is 0 Å². The van der Waals surface area contributed by atoms with Crippen molar-refractivity contribution in [2.24, 2.45) is 0 Å². The van der Waals surface area contributed by atoms with Crippen molar-refractivity contribution in [3.05, 3.63) is 0 Å². The normalized spacial score (nSPS) is 11.5. The Morgan fingerprint density at radius 2 is 1.15 bits per heavy atom. The average molecular weight is 407 g/mol. The molecule has 0 fully saturated rings. The predicted molar refractivity (Wildman–Crippen MR) is 91.8 cm³/mol. The van der Waals surface area contributed by atoms with Gasteiger partial charge in [0.1, 0.15) is 0 Å². The first-order valence-corrected chi connectivity index (χ1v) is 9.91. The fraction of sp³-hybridized carbons (Fsp3) is 1.00. The molecule has 0 aromatic rings. The van der Waals surface area contributed by atoms with Crippen LogP contribution in [0.5, 0.6) is 0 Å². The van der Waals surface area contributed by atoms with E-state index in [9.17, 15) is 8.42 Å². The standard InChI is InChI=1S/C8H18O4S.C6H15NO6/c1-2-3-4-5-6-7-8-12-13(9,10)11;8-1-4-11-7(12-5-2-9)13-6-3-10/h2-8H2,1H3,(H,9,10,11);8-10H,1-6H2. The largest absolute Gasteiger partial charge is 0.397 e. The number of unbranched alkanes of at least 4 members (excludes halogenated alkanes) is 5. The molecule has 4 N–H and O–H groups in total. The lowest BCUT2D eigenvalue weighted by Gasteiger charge is -2.17. The van der Waals surface area contributed by atoms with Crippen LogP contribution in [0.25, 0.3) is 0 Å². The lowest BCUT2D eigenvalue weighted by Crippen LogP contribution is -2.28. The van der Waals surface area contributed by atoms with Crippen LogP contribution in [-0.2, 0) is 29.1 Å². The summed E-state index contributed by atoms with van der Waals surface area (Å²) in [6, 6.07) is 0. The molecule has 0 radical (unpaired) electrons. The summed E-state index contributed by atoms with van der Waals surface area (Å²) in [6.45, 7) is 1.72. The van der Waals surface area contributed by atoms with Gasteiger partial charge in [-0.15, -0.1) is 0 Å². The summed E-state index contributed by atoms with van der Waals surface area (Å²) in [5.41, 5.74) is 0. The summed E-state index contributed by atoms with van der Waals surface area (Å²) in [5.74, 6) is 0. The number of nitrogens with zero attached hydrogens (tertiary/aromatic N) is 1. The Morgan fingerprint density at radius 3 is 1.54 bits per heavy atom. The Balaban J connectivity index is 0. The van der Waals surface area contributed by atoms with Gasteiger partial charge >= 0.3 is 10.4 Å². The third-order valence-electron chi connectivity index (χ3n) is 2.59. The van der Waals surface area contributed by atoms with Crippen molar-refractivity contribution in [1.82, 2.24) is 5.39 Å². The Labute approximate surface area is 155 Å². The first-order valence-electron chi connectivity index (χ1n) is 8.54. The maximum absolute atomic E-state index is 10.1. The molecule has 0 saturated carbocycles. The predicted octanol–water partition coefficient (Wildman–Crippen LogP) is 0.226. The summed E-state index contributed by atoms with van der Waals surface area (Å²) in [5, 5.41) is 25.9. The van der Waals surface area contributed by atoms with Gasteiger partial charge < -0.3 is 15.3 Å². The zero-order valence-electron chi connectivity index (χ0n) is 15.3. The van der Waals surface area contributed by atoms with Gasteiger partial charge in [-0.1, -0.05) is 39.0 Å². The fourth-order valence-corrected chi connectivity index (χ4v) is 1.83. The fourth-order valence-electron chi connectivity index (χ4n) is 1.50. The Hall–Kier alpha value is -0.410. The van der Waals surface area contributed by atoms with E-state index in [0.29, 0.717) is 11.8 Å². The smallest absolute Gasteiger partial charge is 0.394 e. The second-order valence-electron chi connectivity index (χ2n) is 4.91. The van der Waals surface area contributed by atoms with Crippen molar-refractivity contribution in [2.45, 2.75) is 45.4 Å². The van der Waals surface area contributed by atoms with E-state index in [0.717, 1.165) is 12.8 Å². The quantitative estimate of drug-likeness (QED) is 0.149. The number of aliphatic hydroxyl groups is 3. The SMILES string of the molecule is CCCCCCCCOS(=O)(=O)O.OCCON(OCCO)OCCO. The molecule has 0 aromatic heterocycles. The number of aliphatic hydroxyl groups excluding tert-OH is 3. The van der Waals surface area contributed by atoms with E-state index in [-0.39, 0.29) is 46.2 Å². The second kappa shape index (κ2) is 20.9. The van der Waals surface area contributed by atoms with Crippen molar-refractivity contribution >= 4 is 10.4 Å². The van der Waals surface area contributed by atoms with Gasteiger partial charge in [-0.25, -0.2) is 18.7 Å². The molecular formula is C14H33NO10S. The highest BCUT2D eigenvalue weighted by atomic mass is 32.3. The highest BCUT2D eigenvalue weighted by Gasteiger charge is 2.05. The minimum Gasteiger partial charge on any atom is -0.394 e. The molecule has 11 nitrogen and oxygen atoms in total. The zero-order valence-corrected chi connectivity index (χ0v) is 16.1. The molecule has 26 heavy (non-hydrogen) atoms. The summed E-state index contributed by atoms with van der Waals surface area (Å²) in [7, 11) is -4.22. The molecule has 0 spiro atoms. The summed E-state index contributed by atoms with van der Waals surface area (Å²) < 4.78 is 32.6. The van der Waals surface area contributed by atoms with Crippen LogP contribution in [0.1, 0.15) is 45.4 Å². The molecule has 0 saturated heterocycles. The van der Waals surface area contributed by atoms with Crippen LogP contribution in [-0.4, -0.2) is 79.9 Å². The van der Waals surface area contributed by atoms with Crippen LogP contribution >= 0.6 is 0 Å². The average Bonchev–Trinajstić information content (AvgIpc) is 2.60. The molecule has 0 aliphatic rings. The van der Waals surface area contributed by atoms with Gasteiger partial charge in [0.25, 0.3) is 0 Å². The topological polar surface area (TPSA) is 155 Å². The molecule has 0 atom stereocenters. The molecule has 0 bridgehead atoms. The van der Waals surface area contributed by atoms with E-state index < -0.39 is 10.4 Å². The first kappa shape index (κ1) is 27.8. The number of hydrogen-bond donors (Lipinski definition) is 4. The molecule has 0 rings (SSSR count). The van der Waals surface area contributed by atoms with Gasteiger partial charge in [0, 0.05) is 0 Å². The van der Waals surface area contributed by atoms with E-state index in [1.165, 1.54) is 19.3 Å². The third kappa shape index (κ3) is 25.8. The van der Waals surface area contributed by atoms with Crippen molar-refractivity contribution < 1.29 is 47.0 Å². The second-order valence-corrected chi connectivity index (χ2v) is 6.00. The Kier molecular flexibility index (Phi) is 22.3. The molecule has 0 aliphatic carbocycles. The van der Waals surface area contributed by atoms with Gasteiger partial charge in [-0.3, -0.25) is 4.55 Å². The van der Waals surface area contributed by atoms with Crippen LogP contribution in [0, 0.1) is 0 Å². The molecule has 12 heteroatoms. The lowest BCUT2D eigenvalue weighted by atomic mass is 10.1. The number of rotatable bonds is 17. The summed E-state index contributed by atoms with van der Waals surface area (Å²) in [6.07, 6.45) is 6.34. The van der Waals surface area contributed by atoms with E-state index in [1.54, 1.807) is 0 Å². The molecule has 160 valence electrons. The minimum absolute atomic E-state index is 0.0108. The van der Waals surface area contributed by atoms with E-state index in [2.05, 4.69) is 11.1 Å². The van der Waals surface area contributed by atoms with Gasteiger partial charge in [-0.05, 0) is 6.42 Å². The lowest BCUT2D eigenvalue weighted by molar-refractivity contribution is -0.527. The van der Waals surface area contributed by atoms with Crippen LogP contribution in [0.3, 0.4) is 0 Å². The van der Waals surface area contributed by atoms with Gasteiger partial charge in [0.15, 0.2) is 0 Å². The zero-order chi connectivity index (χ0) is 20.1. The van der Waals surface area contributed by atoms with Crippen molar-refractivity contribution in [3.63, 3.8) is 0 Å². The van der Waals surface area contributed by atoms with Crippen molar-refractivity contribution in [3.8, 4) is 0 Å². The molecule has 0 amide bonds. The third-order valence-corrected chi connectivity index (χ3v) is 3.06. The minimum atomic E-state index is -4.22. The van der Waals surface area contributed by atoms with E-state index >= 15 is 0 Å². The van der Waals surface area contributed by atoms with Crippen LogP contribution in [0.2, 0.25) is 0 Å². The summed E-state index contributed by atoms with van der Waals surface area (Å²) >= 11 is 0. The van der Waals surface area contributed by atoms with Crippen LogP contribution < -0.4 is 0 Å². The summed E-state index contributed by atoms with van der Waals surface area (Å²) in [4.78, 5) is 14.1. The van der Waals surface area contributed by atoms with Crippen molar-refractivity contribution in [2.75, 3.05) is 46.2 Å². The number of hydrogen-bond acceptors (Lipinski definition) is 10. The Bertz CT molecular complexity index is 350. The highest BCUT2D eigenvalue weighted by Crippen LogP contribution is 2.05. The first-order chi connectivity index (χ1) is 12.4. The molecule has 0 heterocycles. The molecular weight excluding hydrogens is 374 g/mol. The van der Waals surface area contributed by atoms with Gasteiger partial charge in [-0.2, -0.15) is 8.42 Å². The van der Waals surface area contributed by atoms with Crippen LogP contribution in [0.4, 0.5) is 0 Å². The maximum Gasteiger partial charge on any atom is 0.397 e. The maximum atomic E-state index is 10.1. The monoisotopic (exact) mass is 407 g/mol. The van der Waals surface area contributed by atoms with Crippen LogP contribution in [0.15, 0.2) is 0 Å². The molecule has 0 unspecified atom stereocenters. The Morgan fingerprint density at radius 1 is 0.731 bits per heavy atom. The van der Waals surface area contributed by atoms with Gasteiger partial charge in [0.05, 0.1) is 51.6 Å². The van der Waals surface area contributed by atoms with Crippen molar-refractivity contribution in [1.29, 1.82) is 0 Å². The van der Waals surface area contributed by atoms with E-state index in [1.807, 2.05) is 0 Å². The molecule has 0 aliphatic heterocycles.